The van der Waals surface area contributed by atoms with Crippen molar-refractivity contribution >= 4 is 11.8 Å². The van der Waals surface area contributed by atoms with Gasteiger partial charge in [0, 0.05) is 42.4 Å². The van der Waals surface area contributed by atoms with E-state index in [-0.39, 0.29) is 43.0 Å². The molecule has 0 saturated carbocycles. The van der Waals surface area contributed by atoms with Crippen LogP contribution in [0.25, 0.3) is 0 Å². The second kappa shape index (κ2) is 8.68. The highest BCUT2D eigenvalue weighted by molar-refractivity contribution is 5.97. The lowest BCUT2D eigenvalue weighted by atomic mass is 9.73. The first-order valence-corrected chi connectivity index (χ1v) is 10.3. The molecule has 0 bridgehead atoms. The number of carbonyl (C=O) groups excluding carboxylic acids is 2. The van der Waals surface area contributed by atoms with Crippen LogP contribution in [0.1, 0.15) is 47.2 Å². The number of nitrogens with zero attached hydrogens (tertiary/aromatic N) is 3. The summed E-state index contributed by atoms with van der Waals surface area (Å²) >= 11 is 0. The van der Waals surface area contributed by atoms with Gasteiger partial charge in [0.1, 0.15) is 6.54 Å². The van der Waals surface area contributed by atoms with Crippen molar-refractivity contribution in [2.75, 3.05) is 19.7 Å². The van der Waals surface area contributed by atoms with Gasteiger partial charge in [-0.05, 0) is 36.2 Å². The normalized spacial score (nSPS) is 22.6. The number of carbonyl (C=O) groups is 2. The van der Waals surface area contributed by atoms with Gasteiger partial charge in [0.2, 0.25) is 5.91 Å². The lowest BCUT2D eigenvalue weighted by Gasteiger charge is -2.58. The molecule has 1 aromatic carbocycles. The van der Waals surface area contributed by atoms with E-state index in [9.17, 15) is 14.7 Å². The van der Waals surface area contributed by atoms with Crippen molar-refractivity contribution in [2.45, 2.75) is 37.8 Å². The molecule has 1 aromatic heterocycles. The smallest absolute Gasteiger partial charge is 0.254 e. The van der Waals surface area contributed by atoms with E-state index in [1.54, 1.807) is 34.3 Å². The highest BCUT2D eigenvalue weighted by Crippen LogP contribution is 2.43. The second-order valence-corrected chi connectivity index (χ2v) is 7.74. The third kappa shape index (κ3) is 3.69. The maximum Gasteiger partial charge on any atom is 0.254 e. The van der Waals surface area contributed by atoms with Crippen LogP contribution in [0.5, 0.6) is 0 Å². The van der Waals surface area contributed by atoms with Crippen molar-refractivity contribution < 1.29 is 14.7 Å². The van der Waals surface area contributed by atoms with Crippen LogP contribution in [0.15, 0.2) is 48.8 Å². The molecule has 2 aliphatic heterocycles. The molecule has 2 fully saturated rings. The third-order valence-corrected chi connectivity index (χ3v) is 5.87. The lowest BCUT2D eigenvalue weighted by Crippen LogP contribution is -2.73. The van der Waals surface area contributed by atoms with Crippen LogP contribution in [0.3, 0.4) is 0 Å². The molecule has 3 atom stereocenters. The number of pyridine rings is 1. The number of piperazine rings is 1. The number of benzene rings is 1. The number of aliphatic hydroxyl groups is 1. The standard InChI is InChI=1S/C24H25N3O3/c1-2-3-4-5-17-6-8-18(9-7-17)23-20-14-26(15-22(29)27(20)21(23)16-28)24(30)19-10-12-25-13-11-19/h6-13,20-21,23,28H,2-3,14-16H2,1H3/t20-,21-,23-/m0/s1. The summed E-state index contributed by atoms with van der Waals surface area (Å²) in [6.07, 6.45) is 5.05. The fraction of sp³-hybridized carbons (Fsp3) is 0.375. The Balaban J connectivity index is 1.54. The third-order valence-electron chi connectivity index (χ3n) is 5.87. The molecule has 2 aliphatic rings. The Morgan fingerprint density at radius 1 is 1.20 bits per heavy atom. The summed E-state index contributed by atoms with van der Waals surface area (Å²) in [4.78, 5) is 32.9. The van der Waals surface area contributed by atoms with E-state index in [1.165, 1.54) is 0 Å². The zero-order chi connectivity index (χ0) is 21.1. The van der Waals surface area contributed by atoms with Crippen LogP contribution >= 0.6 is 0 Å². The molecule has 6 heteroatoms. The van der Waals surface area contributed by atoms with Gasteiger partial charge in [-0.15, -0.1) is 0 Å². The largest absolute Gasteiger partial charge is 0.394 e. The number of rotatable bonds is 4. The predicted octanol–water partition coefficient (Wildman–Crippen LogP) is 2.04. The zero-order valence-corrected chi connectivity index (χ0v) is 17.0. The van der Waals surface area contributed by atoms with Crippen molar-refractivity contribution in [1.29, 1.82) is 0 Å². The van der Waals surface area contributed by atoms with Gasteiger partial charge in [0.15, 0.2) is 0 Å². The number of hydrogen-bond acceptors (Lipinski definition) is 4. The molecule has 1 N–H and O–H groups in total. The maximum atomic E-state index is 12.8. The molecule has 4 rings (SSSR count). The highest BCUT2D eigenvalue weighted by Gasteiger charge is 2.54. The summed E-state index contributed by atoms with van der Waals surface area (Å²) < 4.78 is 0. The van der Waals surface area contributed by atoms with Gasteiger partial charge in [-0.1, -0.05) is 30.9 Å². The topological polar surface area (TPSA) is 73.7 Å². The Bertz CT molecular complexity index is 978. The molecule has 30 heavy (non-hydrogen) atoms. The number of aliphatic hydroxyl groups excluding tert-OH is 1. The molecule has 2 amide bonds. The average Bonchev–Trinajstić information content (AvgIpc) is 2.76. The first kappa shape index (κ1) is 20.1. The summed E-state index contributed by atoms with van der Waals surface area (Å²) in [7, 11) is 0. The SMILES string of the molecule is CCCC#Cc1ccc([C@@H]2[C@H](CO)N3C(=O)CN(C(=O)c4ccncc4)C[C@@H]23)cc1. The Labute approximate surface area is 176 Å². The number of hydrogen-bond donors (Lipinski definition) is 1. The first-order chi connectivity index (χ1) is 14.6. The first-order valence-electron chi connectivity index (χ1n) is 10.3. The van der Waals surface area contributed by atoms with Gasteiger partial charge < -0.3 is 14.9 Å². The van der Waals surface area contributed by atoms with E-state index in [4.69, 9.17) is 0 Å². The molecule has 0 unspecified atom stereocenters. The molecule has 0 spiro atoms. The average molecular weight is 403 g/mol. The van der Waals surface area contributed by atoms with Gasteiger partial charge in [0.05, 0.1) is 18.7 Å². The molecule has 154 valence electrons. The van der Waals surface area contributed by atoms with Crippen LogP contribution in [0.4, 0.5) is 0 Å². The molecular formula is C24H25N3O3. The maximum absolute atomic E-state index is 12.8. The second-order valence-electron chi connectivity index (χ2n) is 7.74. The van der Waals surface area contributed by atoms with Crippen LogP contribution in [0.2, 0.25) is 0 Å². The fourth-order valence-corrected chi connectivity index (χ4v) is 4.41. The monoisotopic (exact) mass is 403 g/mol. The molecule has 0 radical (unpaired) electrons. The molecule has 2 aromatic rings. The molecule has 0 aliphatic carbocycles. The van der Waals surface area contributed by atoms with Crippen molar-refractivity contribution in [2.24, 2.45) is 0 Å². The van der Waals surface area contributed by atoms with E-state index >= 15 is 0 Å². The van der Waals surface area contributed by atoms with Gasteiger partial charge >= 0.3 is 0 Å². The molecule has 2 saturated heterocycles. The number of unbranched alkanes of at least 4 members (excludes halogenated alkanes) is 1. The summed E-state index contributed by atoms with van der Waals surface area (Å²) in [5.74, 6) is 6.00. The fourth-order valence-electron chi connectivity index (χ4n) is 4.41. The van der Waals surface area contributed by atoms with Gasteiger partial charge in [0.25, 0.3) is 5.91 Å². The quantitative estimate of drug-likeness (QED) is 0.793. The lowest BCUT2D eigenvalue weighted by molar-refractivity contribution is -0.159. The van der Waals surface area contributed by atoms with Crippen molar-refractivity contribution in [3.63, 3.8) is 0 Å². The number of fused-ring (bicyclic) bond motifs is 1. The van der Waals surface area contributed by atoms with Gasteiger partial charge in [-0.3, -0.25) is 14.6 Å². The summed E-state index contributed by atoms with van der Waals surface area (Å²) in [5, 5.41) is 9.92. The Kier molecular flexibility index (Phi) is 5.82. The summed E-state index contributed by atoms with van der Waals surface area (Å²) in [5.41, 5.74) is 2.54. The van der Waals surface area contributed by atoms with E-state index in [0.29, 0.717) is 12.1 Å². The van der Waals surface area contributed by atoms with Crippen LogP contribution in [-0.2, 0) is 4.79 Å². The van der Waals surface area contributed by atoms with Crippen LogP contribution in [0, 0.1) is 11.8 Å². The van der Waals surface area contributed by atoms with E-state index in [1.807, 2.05) is 24.3 Å². The van der Waals surface area contributed by atoms with E-state index in [2.05, 4.69) is 23.7 Å². The van der Waals surface area contributed by atoms with Crippen LogP contribution in [-0.4, -0.2) is 63.5 Å². The van der Waals surface area contributed by atoms with Crippen molar-refractivity contribution in [3.8, 4) is 11.8 Å². The van der Waals surface area contributed by atoms with E-state index < -0.39 is 0 Å². The number of amides is 2. The van der Waals surface area contributed by atoms with Crippen molar-refractivity contribution in [3.05, 3.63) is 65.5 Å². The predicted molar refractivity (Wildman–Crippen MR) is 113 cm³/mol. The van der Waals surface area contributed by atoms with E-state index in [0.717, 1.165) is 24.0 Å². The van der Waals surface area contributed by atoms with Gasteiger partial charge in [-0.25, -0.2) is 0 Å². The minimum atomic E-state index is -0.252. The van der Waals surface area contributed by atoms with Crippen LogP contribution < -0.4 is 0 Å². The summed E-state index contributed by atoms with van der Waals surface area (Å²) in [6, 6.07) is 10.9. The Morgan fingerprint density at radius 3 is 2.60 bits per heavy atom. The summed E-state index contributed by atoms with van der Waals surface area (Å²) in [6.45, 7) is 2.49. The minimum Gasteiger partial charge on any atom is -0.394 e. The van der Waals surface area contributed by atoms with Gasteiger partial charge in [-0.2, -0.15) is 0 Å². The minimum absolute atomic E-state index is 0.00959. The molecule has 3 heterocycles. The molecular weight excluding hydrogens is 378 g/mol. The Hall–Kier alpha value is -3.17. The Morgan fingerprint density at radius 2 is 1.93 bits per heavy atom. The van der Waals surface area contributed by atoms with Crippen molar-refractivity contribution in [1.82, 2.24) is 14.8 Å². The zero-order valence-electron chi connectivity index (χ0n) is 17.0. The highest BCUT2D eigenvalue weighted by atomic mass is 16.3. The molecule has 6 nitrogen and oxygen atoms in total. The number of aromatic nitrogens is 1.